The highest BCUT2D eigenvalue weighted by atomic mass is 16.6. The van der Waals surface area contributed by atoms with E-state index >= 15 is 0 Å². The zero-order valence-electron chi connectivity index (χ0n) is 19.7. The Kier molecular flexibility index (Phi) is 9.60. The number of hydrogen-bond acceptors (Lipinski definition) is 11. The molecule has 188 valence electrons. The summed E-state index contributed by atoms with van der Waals surface area (Å²) in [7, 11) is 2.75. The van der Waals surface area contributed by atoms with E-state index in [0.29, 0.717) is 0 Å². The van der Waals surface area contributed by atoms with Gasteiger partial charge in [-0.3, -0.25) is 14.4 Å². The van der Waals surface area contributed by atoms with E-state index in [0.717, 1.165) is 0 Å². The van der Waals surface area contributed by atoms with Crippen LogP contribution in [0.1, 0.15) is 37.7 Å². The molecule has 1 aliphatic heterocycles. The number of rotatable bonds is 8. The maximum Gasteiger partial charge on any atom is 0.332 e. The smallest absolute Gasteiger partial charge is 0.332 e. The minimum atomic E-state index is -1.41. The minimum Gasteiger partial charge on any atom is -0.503 e. The van der Waals surface area contributed by atoms with Crippen molar-refractivity contribution < 1.29 is 48.0 Å². The average Bonchev–Trinajstić information content (AvgIpc) is 2.83. The number of pyridine rings is 1. The Morgan fingerprint density at radius 3 is 2.59 bits per heavy atom. The van der Waals surface area contributed by atoms with Crippen molar-refractivity contribution in [2.75, 3.05) is 27.4 Å². The standard InChI is InChI=1S/C22H30N2O10/c1-11(2)20(27)34-18-12(3)33-22(29)14(10-32-21(28)13(18)7-9-30-4)24-19(26)16-17(25)15(31-5)6-8-23-16/h6,8,11-14,18,25H,7,9-10H2,1-5H3,(H,24,26)/t12-,13+,14-,18-/m0/s1. The molecule has 2 rings (SSSR count). The Morgan fingerprint density at radius 2 is 1.97 bits per heavy atom. The average molecular weight is 482 g/mol. The molecule has 1 aliphatic rings. The van der Waals surface area contributed by atoms with Gasteiger partial charge in [0.25, 0.3) is 5.91 Å². The van der Waals surface area contributed by atoms with Crippen molar-refractivity contribution >= 4 is 23.8 Å². The first-order chi connectivity index (χ1) is 16.1. The molecule has 1 fully saturated rings. The summed E-state index contributed by atoms with van der Waals surface area (Å²) in [5.74, 6) is -5.13. The first-order valence-electron chi connectivity index (χ1n) is 10.7. The van der Waals surface area contributed by atoms with Crippen molar-refractivity contribution in [3.8, 4) is 11.5 Å². The summed E-state index contributed by atoms with van der Waals surface area (Å²) in [6, 6.07) is -0.0586. The zero-order valence-corrected chi connectivity index (χ0v) is 19.7. The summed E-state index contributed by atoms with van der Waals surface area (Å²) in [4.78, 5) is 54.4. The van der Waals surface area contributed by atoms with Gasteiger partial charge in [-0.25, -0.2) is 9.78 Å². The third kappa shape index (κ3) is 6.56. The van der Waals surface area contributed by atoms with Crippen LogP contribution in [0.5, 0.6) is 11.5 Å². The number of cyclic esters (lactones) is 2. The number of aromatic hydroxyl groups is 1. The first kappa shape index (κ1) is 26.8. The van der Waals surface area contributed by atoms with Gasteiger partial charge in [0.1, 0.15) is 12.7 Å². The van der Waals surface area contributed by atoms with Gasteiger partial charge in [0.05, 0.1) is 18.9 Å². The molecule has 1 aromatic rings. The second-order valence-electron chi connectivity index (χ2n) is 7.95. The molecule has 2 heterocycles. The topological polar surface area (TPSA) is 160 Å². The molecule has 0 aliphatic carbocycles. The summed E-state index contributed by atoms with van der Waals surface area (Å²) < 4.78 is 26.2. The fraction of sp³-hybridized carbons (Fsp3) is 0.591. The third-order valence-electron chi connectivity index (χ3n) is 5.12. The van der Waals surface area contributed by atoms with Gasteiger partial charge in [0.2, 0.25) is 0 Å². The molecule has 34 heavy (non-hydrogen) atoms. The van der Waals surface area contributed by atoms with E-state index in [1.165, 1.54) is 33.4 Å². The number of nitrogens with one attached hydrogen (secondary N) is 1. The molecule has 4 atom stereocenters. The molecule has 1 aromatic heterocycles. The van der Waals surface area contributed by atoms with Gasteiger partial charge in [-0.1, -0.05) is 13.8 Å². The molecule has 12 nitrogen and oxygen atoms in total. The molecular weight excluding hydrogens is 452 g/mol. The molecular formula is C22H30N2O10. The van der Waals surface area contributed by atoms with Crippen LogP contribution in [0.4, 0.5) is 0 Å². The van der Waals surface area contributed by atoms with Crippen LogP contribution in [-0.4, -0.2) is 79.6 Å². The number of nitrogens with zero attached hydrogens (tertiary/aromatic N) is 1. The third-order valence-corrected chi connectivity index (χ3v) is 5.12. The molecule has 2 N–H and O–H groups in total. The lowest BCUT2D eigenvalue weighted by Crippen LogP contribution is -2.46. The van der Waals surface area contributed by atoms with Crippen molar-refractivity contribution in [3.05, 3.63) is 18.0 Å². The van der Waals surface area contributed by atoms with Gasteiger partial charge in [-0.05, 0) is 13.3 Å². The summed E-state index contributed by atoms with van der Waals surface area (Å²) >= 11 is 0. The van der Waals surface area contributed by atoms with Crippen LogP contribution in [0.2, 0.25) is 0 Å². The number of amides is 1. The number of methoxy groups -OCH3 is 2. The highest BCUT2D eigenvalue weighted by molar-refractivity contribution is 5.98. The van der Waals surface area contributed by atoms with E-state index in [4.69, 9.17) is 23.7 Å². The van der Waals surface area contributed by atoms with Crippen LogP contribution in [0.25, 0.3) is 0 Å². The van der Waals surface area contributed by atoms with Gasteiger partial charge in [0.15, 0.2) is 29.3 Å². The van der Waals surface area contributed by atoms with Gasteiger partial charge >= 0.3 is 17.9 Å². The van der Waals surface area contributed by atoms with E-state index in [1.807, 2.05) is 0 Å². The highest BCUT2D eigenvalue weighted by Gasteiger charge is 2.42. The molecule has 0 saturated carbocycles. The van der Waals surface area contributed by atoms with E-state index in [2.05, 4.69) is 10.3 Å². The number of esters is 3. The Hall–Kier alpha value is -3.41. The monoisotopic (exact) mass is 482 g/mol. The van der Waals surface area contributed by atoms with E-state index < -0.39 is 72.0 Å². The Morgan fingerprint density at radius 1 is 1.26 bits per heavy atom. The van der Waals surface area contributed by atoms with E-state index in [-0.39, 0.29) is 18.8 Å². The van der Waals surface area contributed by atoms with Crippen molar-refractivity contribution in [2.45, 2.75) is 45.4 Å². The van der Waals surface area contributed by atoms with E-state index in [1.54, 1.807) is 13.8 Å². The number of hydrogen-bond donors (Lipinski definition) is 2. The molecule has 1 amide bonds. The molecule has 0 unspecified atom stereocenters. The SMILES string of the molecule is COCC[C@H]1C(=O)OC[C@H](NC(=O)c2nccc(OC)c2O)C(=O)O[C@@H](C)[C@@H]1OC(=O)C(C)C. The summed E-state index contributed by atoms with van der Waals surface area (Å²) in [5, 5.41) is 12.5. The second kappa shape index (κ2) is 12.2. The predicted octanol–water partition coefficient (Wildman–Crippen LogP) is 0.603. The minimum absolute atomic E-state index is 0.00744. The molecule has 0 aromatic carbocycles. The fourth-order valence-electron chi connectivity index (χ4n) is 3.20. The lowest BCUT2D eigenvalue weighted by Gasteiger charge is -2.29. The van der Waals surface area contributed by atoms with Gasteiger partial charge in [-0.2, -0.15) is 0 Å². The van der Waals surface area contributed by atoms with Gasteiger partial charge < -0.3 is 34.1 Å². The molecule has 0 spiro atoms. The largest absolute Gasteiger partial charge is 0.503 e. The quantitative estimate of drug-likeness (QED) is 0.394. The molecule has 0 radical (unpaired) electrons. The van der Waals surface area contributed by atoms with Crippen LogP contribution >= 0.6 is 0 Å². The number of aromatic nitrogens is 1. The lowest BCUT2D eigenvalue weighted by atomic mass is 9.95. The second-order valence-corrected chi connectivity index (χ2v) is 7.95. The number of carbonyl (C=O) groups is 4. The van der Waals surface area contributed by atoms with Crippen molar-refractivity contribution in [1.29, 1.82) is 0 Å². The van der Waals surface area contributed by atoms with Gasteiger partial charge in [0, 0.05) is 26.0 Å². The number of ether oxygens (including phenoxy) is 5. The van der Waals surface area contributed by atoms with Crippen LogP contribution in [0.15, 0.2) is 12.3 Å². The van der Waals surface area contributed by atoms with Crippen LogP contribution in [0, 0.1) is 11.8 Å². The van der Waals surface area contributed by atoms with Crippen molar-refractivity contribution in [2.24, 2.45) is 11.8 Å². The van der Waals surface area contributed by atoms with Crippen LogP contribution < -0.4 is 10.1 Å². The Balaban J connectivity index is 2.28. The maximum absolute atomic E-state index is 12.9. The maximum atomic E-state index is 12.9. The molecule has 12 heteroatoms. The normalized spacial score (nSPS) is 23.1. The Bertz CT molecular complexity index is 904. The number of carbonyl (C=O) groups excluding carboxylic acids is 4. The molecule has 1 saturated heterocycles. The highest BCUT2D eigenvalue weighted by Crippen LogP contribution is 2.28. The lowest BCUT2D eigenvalue weighted by molar-refractivity contribution is -0.177. The van der Waals surface area contributed by atoms with Gasteiger partial charge in [-0.15, -0.1) is 0 Å². The Labute approximate surface area is 196 Å². The van der Waals surface area contributed by atoms with Crippen LogP contribution in [0.3, 0.4) is 0 Å². The first-order valence-corrected chi connectivity index (χ1v) is 10.7. The van der Waals surface area contributed by atoms with E-state index in [9.17, 15) is 24.3 Å². The summed E-state index contributed by atoms with van der Waals surface area (Å²) in [5.41, 5.74) is -0.395. The predicted molar refractivity (Wildman–Crippen MR) is 115 cm³/mol. The summed E-state index contributed by atoms with van der Waals surface area (Å²) in [6.45, 7) is 4.35. The van der Waals surface area contributed by atoms with Crippen molar-refractivity contribution in [3.63, 3.8) is 0 Å². The molecule has 0 bridgehead atoms. The summed E-state index contributed by atoms with van der Waals surface area (Å²) in [6.07, 6.45) is -0.776. The zero-order chi connectivity index (χ0) is 25.4. The van der Waals surface area contributed by atoms with Crippen LogP contribution in [-0.2, 0) is 33.3 Å². The van der Waals surface area contributed by atoms with Crippen molar-refractivity contribution in [1.82, 2.24) is 10.3 Å². The fourth-order valence-corrected chi connectivity index (χ4v) is 3.20.